The molecule has 40 heavy (non-hydrogen) atoms. The summed E-state index contributed by atoms with van der Waals surface area (Å²) in [5.41, 5.74) is 2.02. The van der Waals surface area contributed by atoms with Crippen LogP contribution in [0, 0.1) is 0 Å². The molecule has 2 aromatic rings. The van der Waals surface area contributed by atoms with Gasteiger partial charge in [-0.1, -0.05) is 30.2 Å². The Morgan fingerprint density at radius 3 is 2.62 bits per heavy atom. The first-order valence-electron chi connectivity index (χ1n) is 14.3. The zero-order valence-corrected chi connectivity index (χ0v) is 23.9. The van der Waals surface area contributed by atoms with Gasteiger partial charge in [-0.15, -0.1) is 0 Å². The molecule has 3 fully saturated rings. The number of amides is 2. The number of morpholine rings is 1. The highest BCUT2D eigenvalue weighted by atomic mass is 35.5. The second-order valence-corrected chi connectivity index (χ2v) is 11.2. The van der Waals surface area contributed by atoms with Crippen molar-refractivity contribution < 1.29 is 19.1 Å². The maximum absolute atomic E-state index is 13.4. The number of hydrogen-bond donors (Lipinski definition) is 1. The molecule has 5 rings (SSSR count). The number of carbonyl (C=O) groups is 2. The Morgan fingerprint density at radius 1 is 1.10 bits per heavy atom. The van der Waals surface area contributed by atoms with Crippen LogP contribution in [0.5, 0.6) is 5.75 Å². The lowest BCUT2D eigenvalue weighted by atomic mass is 9.89. The normalized spacial score (nSPS) is 22.6. The van der Waals surface area contributed by atoms with Crippen molar-refractivity contribution in [1.29, 1.82) is 0 Å². The third-order valence-corrected chi connectivity index (χ3v) is 8.30. The van der Waals surface area contributed by atoms with E-state index in [4.69, 9.17) is 21.1 Å². The number of fused-ring (bicyclic) bond motifs is 1. The first-order valence-corrected chi connectivity index (χ1v) is 14.7. The molecule has 2 aliphatic heterocycles. The number of benzene rings is 2. The van der Waals surface area contributed by atoms with E-state index in [2.05, 4.69) is 27.2 Å². The minimum Gasteiger partial charge on any atom is -0.497 e. The van der Waals surface area contributed by atoms with Gasteiger partial charge in [-0.3, -0.25) is 14.5 Å². The summed E-state index contributed by atoms with van der Waals surface area (Å²) in [6.07, 6.45) is 6.37. The van der Waals surface area contributed by atoms with Gasteiger partial charge in [0.05, 0.1) is 13.2 Å². The van der Waals surface area contributed by atoms with Crippen molar-refractivity contribution >= 4 is 35.2 Å². The molecule has 1 saturated carbocycles. The molecule has 0 bridgehead atoms. The van der Waals surface area contributed by atoms with Gasteiger partial charge in [0.2, 0.25) is 5.91 Å². The van der Waals surface area contributed by atoms with Gasteiger partial charge in [-0.25, -0.2) is 0 Å². The van der Waals surface area contributed by atoms with Crippen LogP contribution >= 0.6 is 11.6 Å². The average molecular weight is 567 g/mol. The molecular weight excluding hydrogens is 528 g/mol. The lowest BCUT2D eigenvalue weighted by Crippen LogP contribution is -2.57. The van der Waals surface area contributed by atoms with Crippen LogP contribution < -0.4 is 15.0 Å². The third-order valence-electron chi connectivity index (χ3n) is 8.06. The van der Waals surface area contributed by atoms with Crippen molar-refractivity contribution in [1.82, 2.24) is 15.1 Å². The Bertz CT molecular complexity index is 1200. The number of rotatable bonds is 9. The van der Waals surface area contributed by atoms with Crippen LogP contribution in [0.3, 0.4) is 0 Å². The zero-order valence-electron chi connectivity index (χ0n) is 23.2. The quantitative estimate of drug-likeness (QED) is 0.362. The number of carbonyl (C=O) groups excluding carboxylic acids is 2. The van der Waals surface area contributed by atoms with E-state index in [1.54, 1.807) is 30.2 Å². The van der Waals surface area contributed by atoms with Crippen LogP contribution in [0.2, 0.25) is 5.02 Å². The van der Waals surface area contributed by atoms with Crippen molar-refractivity contribution in [2.24, 2.45) is 0 Å². The number of nitrogens with zero attached hydrogens (tertiary/aromatic N) is 3. The standard InChI is InChI=1S/C31H39ClN4O4/c1-39-26-12-10-25(11-13-26)35-18-16-34(17-19-35)15-5-14-33-30(37)22-36-27-8-2-3-9-28(27)40-29(31(36)38)21-23-6-4-7-24(32)20-23/h4,6-7,10-13,20-21,27-28H,2-3,5,8-9,14-19,22H2,1H3,(H,33,37)/b29-21+. The SMILES string of the molecule is COc1ccc(N2CCN(CCCNC(=O)CN3C(=O)/C(=C\c4cccc(Cl)c4)OC4CCCCC43)CC2)cc1. The molecule has 1 aliphatic carbocycles. The van der Waals surface area contributed by atoms with E-state index < -0.39 is 0 Å². The fourth-order valence-corrected chi connectivity index (χ4v) is 6.07. The monoisotopic (exact) mass is 566 g/mol. The second kappa shape index (κ2) is 13.4. The van der Waals surface area contributed by atoms with Crippen molar-refractivity contribution in [2.45, 2.75) is 44.2 Å². The van der Waals surface area contributed by atoms with Crippen LogP contribution in [0.4, 0.5) is 5.69 Å². The Labute approximate surface area is 241 Å². The van der Waals surface area contributed by atoms with Crippen LogP contribution in [0.25, 0.3) is 6.08 Å². The van der Waals surface area contributed by atoms with E-state index in [0.717, 1.165) is 76.1 Å². The Morgan fingerprint density at radius 2 is 1.88 bits per heavy atom. The minimum absolute atomic E-state index is 0.0524. The summed E-state index contributed by atoms with van der Waals surface area (Å²) < 4.78 is 11.4. The molecule has 0 aromatic heterocycles. The summed E-state index contributed by atoms with van der Waals surface area (Å²) in [4.78, 5) is 32.9. The van der Waals surface area contributed by atoms with Crippen LogP contribution in [-0.2, 0) is 14.3 Å². The number of methoxy groups -OCH3 is 1. The molecule has 2 amide bonds. The molecule has 2 atom stereocenters. The fraction of sp³-hybridized carbons (Fsp3) is 0.484. The van der Waals surface area contributed by atoms with Crippen LogP contribution in [0.15, 0.2) is 54.3 Å². The van der Waals surface area contributed by atoms with Crippen molar-refractivity contribution in [2.75, 3.05) is 57.8 Å². The lowest BCUT2D eigenvalue weighted by Gasteiger charge is -2.44. The zero-order chi connectivity index (χ0) is 27.9. The number of anilines is 1. The predicted octanol–water partition coefficient (Wildman–Crippen LogP) is 4.19. The predicted molar refractivity (Wildman–Crippen MR) is 158 cm³/mol. The summed E-state index contributed by atoms with van der Waals surface area (Å²) in [5, 5.41) is 3.64. The third kappa shape index (κ3) is 7.09. The first kappa shape index (κ1) is 28.3. The molecule has 3 aliphatic rings. The molecule has 1 N–H and O–H groups in total. The lowest BCUT2D eigenvalue weighted by molar-refractivity contribution is -0.151. The number of piperazine rings is 1. The molecule has 2 heterocycles. The summed E-state index contributed by atoms with van der Waals surface area (Å²) in [5.74, 6) is 0.807. The number of halogens is 1. The molecule has 214 valence electrons. The van der Waals surface area contributed by atoms with Gasteiger partial charge in [-0.2, -0.15) is 0 Å². The second-order valence-electron chi connectivity index (χ2n) is 10.7. The molecule has 2 saturated heterocycles. The molecule has 2 unspecified atom stereocenters. The highest BCUT2D eigenvalue weighted by Crippen LogP contribution is 2.33. The molecular formula is C31H39ClN4O4. The molecule has 8 nitrogen and oxygen atoms in total. The maximum Gasteiger partial charge on any atom is 0.289 e. The first-order chi connectivity index (χ1) is 19.5. The highest BCUT2D eigenvalue weighted by molar-refractivity contribution is 6.30. The largest absolute Gasteiger partial charge is 0.497 e. The van der Waals surface area contributed by atoms with Crippen molar-refractivity contribution in [3.8, 4) is 5.75 Å². The van der Waals surface area contributed by atoms with E-state index >= 15 is 0 Å². The van der Waals surface area contributed by atoms with Gasteiger partial charge in [0.25, 0.3) is 5.91 Å². The summed E-state index contributed by atoms with van der Waals surface area (Å²) in [7, 11) is 1.68. The van der Waals surface area contributed by atoms with E-state index in [-0.39, 0.29) is 36.3 Å². The number of ether oxygens (including phenoxy) is 2. The van der Waals surface area contributed by atoms with Gasteiger partial charge < -0.3 is 24.6 Å². The van der Waals surface area contributed by atoms with Gasteiger partial charge >= 0.3 is 0 Å². The Hall–Kier alpha value is -3.23. The van der Waals surface area contributed by atoms with E-state index in [0.29, 0.717) is 11.6 Å². The summed E-state index contributed by atoms with van der Waals surface area (Å²) in [6.45, 7) is 5.52. The topological polar surface area (TPSA) is 74.4 Å². The van der Waals surface area contributed by atoms with Gasteiger partial charge in [0.15, 0.2) is 5.76 Å². The molecule has 0 spiro atoms. The van der Waals surface area contributed by atoms with Crippen molar-refractivity contribution in [3.63, 3.8) is 0 Å². The smallest absolute Gasteiger partial charge is 0.289 e. The van der Waals surface area contributed by atoms with E-state index in [1.807, 2.05) is 24.3 Å². The molecule has 0 radical (unpaired) electrons. The molecule has 9 heteroatoms. The van der Waals surface area contributed by atoms with Gasteiger partial charge in [0.1, 0.15) is 18.4 Å². The summed E-state index contributed by atoms with van der Waals surface area (Å²) >= 11 is 6.13. The minimum atomic E-state index is -0.229. The van der Waals surface area contributed by atoms with Crippen LogP contribution in [0.1, 0.15) is 37.7 Å². The average Bonchev–Trinajstić information content (AvgIpc) is 2.98. The number of nitrogens with one attached hydrogen (secondary N) is 1. The van der Waals surface area contributed by atoms with Gasteiger partial charge in [-0.05, 0) is 80.3 Å². The Balaban J connectivity index is 1.08. The Kier molecular flexibility index (Phi) is 9.49. The van der Waals surface area contributed by atoms with Gasteiger partial charge in [0, 0.05) is 43.4 Å². The van der Waals surface area contributed by atoms with Crippen molar-refractivity contribution in [3.05, 3.63) is 64.9 Å². The highest BCUT2D eigenvalue weighted by Gasteiger charge is 2.42. The van der Waals surface area contributed by atoms with E-state index in [1.165, 1.54) is 5.69 Å². The summed E-state index contributed by atoms with van der Waals surface area (Å²) in [6, 6.07) is 15.5. The van der Waals surface area contributed by atoms with E-state index in [9.17, 15) is 9.59 Å². The van der Waals surface area contributed by atoms with Crippen LogP contribution in [-0.4, -0.2) is 86.7 Å². The maximum atomic E-state index is 13.4. The molecule has 2 aromatic carbocycles. The number of hydrogen-bond acceptors (Lipinski definition) is 6. The fourth-order valence-electron chi connectivity index (χ4n) is 5.87.